The fraction of sp³-hybridized carbons (Fsp3) is 0.333. The minimum absolute atomic E-state index is 0.00821. The fourth-order valence-electron chi connectivity index (χ4n) is 2.30. The van der Waals surface area contributed by atoms with Crippen molar-refractivity contribution < 1.29 is 17.9 Å². The Hall–Kier alpha value is -2.61. The standard InChI is InChI=1S/C18H22N2O5S/c1-11-10-15(21)16(17(22)25-11)12(2)19-20-26(23,24)14-8-6-13(7-9-14)18(3,4)5/h6-10,20-21H,1-5H3/b19-12+. The van der Waals surface area contributed by atoms with Crippen molar-refractivity contribution in [1.82, 2.24) is 4.83 Å². The smallest absolute Gasteiger partial charge is 0.348 e. The first-order chi connectivity index (χ1) is 11.9. The van der Waals surface area contributed by atoms with Gasteiger partial charge in [-0.3, -0.25) is 0 Å². The van der Waals surface area contributed by atoms with Crippen LogP contribution in [0.2, 0.25) is 0 Å². The summed E-state index contributed by atoms with van der Waals surface area (Å²) < 4.78 is 29.6. The zero-order valence-electron chi connectivity index (χ0n) is 15.3. The Morgan fingerprint density at radius 1 is 1.19 bits per heavy atom. The van der Waals surface area contributed by atoms with Gasteiger partial charge in [0.05, 0.1) is 10.6 Å². The van der Waals surface area contributed by atoms with E-state index in [1.165, 1.54) is 32.0 Å². The summed E-state index contributed by atoms with van der Waals surface area (Å²) >= 11 is 0. The summed E-state index contributed by atoms with van der Waals surface area (Å²) in [5.74, 6) is -0.0858. The lowest BCUT2D eigenvalue weighted by atomic mass is 9.87. The molecule has 0 saturated carbocycles. The third kappa shape index (κ3) is 4.32. The van der Waals surface area contributed by atoms with Crippen LogP contribution in [0.25, 0.3) is 0 Å². The second kappa shape index (κ2) is 6.95. The Bertz CT molecular complexity index is 997. The van der Waals surface area contributed by atoms with E-state index in [-0.39, 0.29) is 33.1 Å². The second-order valence-corrected chi connectivity index (χ2v) is 8.63. The van der Waals surface area contributed by atoms with E-state index in [9.17, 15) is 18.3 Å². The highest BCUT2D eigenvalue weighted by Crippen LogP contribution is 2.23. The van der Waals surface area contributed by atoms with E-state index in [1.807, 2.05) is 20.8 Å². The lowest BCUT2D eigenvalue weighted by molar-refractivity contribution is 0.432. The summed E-state index contributed by atoms with van der Waals surface area (Å²) in [7, 11) is -3.91. The van der Waals surface area contributed by atoms with Crippen molar-refractivity contribution in [3.63, 3.8) is 0 Å². The molecule has 0 amide bonds. The first-order valence-corrected chi connectivity index (χ1v) is 9.41. The van der Waals surface area contributed by atoms with Crippen LogP contribution in [-0.2, 0) is 15.4 Å². The van der Waals surface area contributed by atoms with E-state index < -0.39 is 15.6 Å². The third-order valence-corrected chi connectivity index (χ3v) is 5.00. The van der Waals surface area contributed by atoms with Gasteiger partial charge in [-0.1, -0.05) is 32.9 Å². The Morgan fingerprint density at radius 2 is 1.77 bits per heavy atom. The number of rotatable bonds is 4. The van der Waals surface area contributed by atoms with Crippen LogP contribution in [0, 0.1) is 6.92 Å². The topological polar surface area (TPSA) is 109 Å². The monoisotopic (exact) mass is 378 g/mol. The van der Waals surface area contributed by atoms with Crippen molar-refractivity contribution in [2.75, 3.05) is 0 Å². The fourth-order valence-corrected chi connectivity index (χ4v) is 3.16. The van der Waals surface area contributed by atoms with Crippen LogP contribution in [0.1, 0.15) is 44.6 Å². The normalized spacial score (nSPS) is 12.9. The summed E-state index contributed by atoms with van der Waals surface area (Å²) in [5.41, 5.74) is -0.0927. The number of hydrogen-bond acceptors (Lipinski definition) is 6. The highest BCUT2D eigenvalue weighted by molar-refractivity contribution is 7.89. The summed E-state index contributed by atoms with van der Waals surface area (Å²) in [6.45, 7) is 9.00. The molecule has 1 aromatic carbocycles. The molecule has 0 atom stereocenters. The largest absolute Gasteiger partial charge is 0.507 e. The summed E-state index contributed by atoms with van der Waals surface area (Å²) in [6, 6.07) is 7.73. The number of aryl methyl sites for hydroxylation is 1. The van der Waals surface area contributed by atoms with Gasteiger partial charge in [0.2, 0.25) is 0 Å². The van der Waals surface area contributed by atoms with E-state index in [0.717, 1.165) is 5.56 Å². The molecule has 8 heteroatoms. The lowest BCUT2D eigenvalue weighted by Crippen LogP contribution is -2.22. The van der Waals surface area contributed by atoms with Crippen molar-refractivity contribution in [3.8, 4) is 5.75 Å². The Labute approximate surface area is 152 Å². The molecular formula is C18H22N2O5S. The predicted octanol–water partition coefficient (Wildman–Crippen LogP) is 2.65. The van der Waals surface area contributed by atoms with Crippen LogP contribution in [0.15, 0.2) is 49.5 Å². The van der Waals surface area contributed by atoms with Gasteiger partial charge in [-0.15, -0.1) is 0 Å². The minimum atomic E-state index is -3.91. The van der Waals surface area contributed by atoms with Crippen molar-refractivity contribution in [2.24, 2.45) is 5.10 Å². The quantitative estimate of drug-likeness (QED) is 0.628. The number of aromatic hydroxyl groups is 1. The molecule has 2 N–H and O–H groups in total. The van der Waals surface area contributed by atoms with Crippen LogP contribution in [0.3, 0.4) is 0 Å². The maximum absolute atomic E-state index is 12.4. The molecule has 0 bridgehead atoms. The van der Waals surface area contributed by atoms with Crippen molar-refractivity contribution in [3.05, 3.63) is 57.6 Å². The molecule has 7 nitrogen and oxygen atoms in total. The third-order valence-electron chi connectivity index (χ3n) is 3.78. The molecule has 0 fully saturated rings. The second-order valence-electron chi connectivity index (χ2n) is 6.97. The number of hydrogen-bond donors (Lipinski definition) is 2. The number of nitrogens with one attached hydrogen (secondary N) is 1. The number of nitrogens with zero attached hydrogens (tertiary/aromatic N) is 1. The van der Waals surface area contributed by atoms with Crippen LogP contribution in [0.4, 0.5) is 0 Å². The van der Waals surface area contributed by atoms with Gasteiger partial charge in [-0.05, 0) is 37.0 Å². The molecule has 0 aliphatic carbocycles. The highest BCUT2D eigenvalue weighted by atomic mass is 32.2. The molecule has 2 aromatic rings. The molecular weight excluding hydrogens is 356 g/mol. The molecule has 0 saturated heterocycles. The van der Waals surface area contributed by atoms with E-state index in [1.54, 1.807) is 12.1 Å². The van der Waals surface area contributed by atoms with Gasteiger partial charge in [0.15, 0.2) is 0 Å². The molecule has 0 aliphatic heterocycles. The van der Waals surface area contributed by atoms with E-state index >= 15 is 0 Å². The molecule has 26 heavy (non-hydrogen) atoms. The van der Waals surface area contributed by atoms with Gasteiger partial charge >= 0.3 is 5.63 Å². The summed E-state index contributed by atoms with van der Waals surface area (Å²) in [4.78, 5) is 14.0. The average molecular weight is 378 g/mol. The molecule has 0 unspecified atom stereocenters. The zero-order valence-corrected chi connectivity index (χ0v) is 16.1. The highest BCUT2D eigenvalue weighted by Gasteiger charge is 2.18. The number of sulfonamides is 1. The summed E-state index contributed by atoms with van der Waals surface area (Å²) in [6.07, 6.45) is 0. The SMILES string of the molecule is C/C(=N\NS(=O)(=O)c1ccc(C(C)(C)C)cc1)c1c(O)cc(C)oc1=O. The number of benzene rings is 1. The van der Waals surface area contributed by atoms with Crippen LogP contribution in [0.5, 0.6) is 5.75 Å². The number of hydrazone groups is 1. The van der Waals surface area contributed by atoms with E-state index in [0.29, 0.717) is 0 Å². The van der Waals surface area contributed by atoms with Crippen molar-refractivity contribution >= 4 is 15.7 Å². The molecule has 2 rings (SSSR count). The molecule has 0 aliphatic rings. The summed E-state index contributed by atoms with van der Waals surface area (Å²) in [5, 5.41) is 13.6. The van der Waals surface area contributed by atoms with Crippen LogP contribution in [-0.4, -0.2) is 19.2 Å². The van der Waals surface area contributed by atoms with Gasteiger partial charge in [-0.2, -0.15) is 18.4 Å². The Kier molecular flexibility index (Phi) is 5.27. The molecule has 0 radical (unpaired) electrons. The Morgan fingerprint density at radius 3 is 2.27 bits per heavy atom. The predicted molar refractivity (Wildman–Crippen MR) is 99.1 cm³/mol. The van der Waals surface area contributed by atoms with Crippen molar-refractivity contribution in [1.29, 1.82) is 0 Å². The molecule has 1 aromatic heterocycles. The Balaban J connectivity index is 2.30. The maximum Gasteiger partial charge on any atom is 0.348 e. The van der Waals surface area contributed by atoms with Crippen molar-refractivity contribution in [2.45, 2.75) is 44.9 Å². The van der Waals surface area contributed by atoms with E-state index in [4.69, 9.17) is 4.42 Å². The average Bonchev–Trinajstić information content (AvgIpc) is 2.51. The van der Waals surface area contributed by atoms with E-state index in [2.05, 4.69) is 9.93 Å². The first-order valence-electron chi connectivity index (χ1n) is 7.92. The molecule has 0 spiro atoms. The minimum Gasteiger partial charge on any atom is -0.507 e. The zero-order chi connectivity index (χ0) is 19.7. The van der Waals surface area contributed by atoms with Gasteiger partial charge in [-0.25, -0.2) is 4.79 Å². The van der Waals surface area contributed by atoms with Gasteiger partial charge < -0.3 is 9.52 Å². The van der Waals surface area contributed by atoms with Crippen LogP contribution < -0.4 is 10.5 Å². The molecule has 140 valence electrons. The first kappa shape index (κ1) is 19.7. The van der Waals surface area contributed by atoms with Gasteiger partial charge in [0.1, 0.15) is 17.1 Å². The lowest BCUT2D eigenvalue weighted by Gasteiger charge is -2.19. The molecule has 1 heterocycles. The van der Waals surface area contributed by atoms with Gasteiger partial charge in [0, 0.05) is 6.07 Å². The van der Waals surface area contributed by atoms with Gasteiger partial charge in [0.25, 0.3) is 10.0 Å². The maximum atomic E-state index is 12.4. The van der Waals surface area contributed by atoms with Crippen LogP contribution >= 0.6 is 0 Å².